The van der Waals surface area contributed by atoms with Crippen molar-refractivity contribution in [1.82, 2.24) is 9.80 Å². The fourth-order valence-corrected chi connectivity index (χ4v) is 3.50. The summed E-state index contributed by atoms with van der Waals surface area (Å²) in [7, 11) is 0. The topological polar surface area (TPSA) is 66.9 Å². The lowest BCUT2D eigenvalue weighted by Gasteiger charge is -2.34. The first-order valence-corrected chi connectivity index (χ1v) is 9.27. The molecule has 0 unspecified atom stereocenters. The van der Waals surface area contributed by atoms with E-state index in [1.54, 1.807) is 28.0 Å². The Hall–Kier alpha value is -2.67. The first-order valence-electron chi connectivity index (χ1n) is 8.39. The molecule has 0 radical (unpaired) electrons. The number of carbonyl (C=O) groups excluding carboxylic acids is 3. The molecule has 1 aliphatic rings. The molecule has 0 aliphatic carbocycles. The van der Waals surface area contributed by atoms with Crippen LogP contribution in [0.1, 0.15) is 25.6 Å². The van der Waals surface area contributed by atoms with Gasteiger partial charge in [0.1, 0.15) is 0 Å². The monoisotopic (exact) mass is 372 g/mol. The molecular weight excluding hydrogens is 352 g/mol. The molecule has 1 aliphatic heterocycles. The average molecular weight is 372 g/mol. The van der Waals surface area contributed by atoms with Gasteiger partial charge in [-0.2, -0.15) is 0 Å². The highest BCUT2D eigenvalue weighted by atomic mass is 32.1. The number of carbonyl (C=O) groups is 3. The lowest BCUT2D eigenvalue weighted by Crippen LogP contribution is -2.51. The molecule has 26 heavy (non-hydrogen) atoms. The number of ether oxygens (including phenoxy) is 1. The van der Waals surface area contributed by atoms with Crippen molar-refractivity contribution >= 4 is 29.1 Å². The molecule has 1 fully saturated rings. The minimum Gasteiger partial charge on any atom is -0.452 e. The Morgan fingerprint density at radius 1 is 1.00 bits per heavy atom. The molecule has 2 heterocycles. The number of hydrogen-bond acceptors (Lipinski definition) is 5. The van der Waals surface area contributed by atoms with E-state index in [0.29, 0.717) is 36.6 Å². The molecule has 0 saturated carbocycles. The van der Waals surface area contributed by atoms with E-state index in [4.69, 9.17) is 4.74 Å². The fraction of sp³-hybridized carbons (Fsp3) is 0.316. The van der Waals surface area contributed by atoms with Gasteiger partial charge in [-0.3, -0.25) is 9.59 Å². The molecule has 1 aromatic carbocycles. The maximum Gasteiger partial charge on any atom is 0.338 e. The Kier molecular flexibility index (Phi) is 5.68. The second-order valence-corrected chi connectivity index (χ2v) is 6.99. The summed E-state index contributed by atoms with van der Waals surface area (Å²) in [6, 6.07) is 10.7. The fourth-order valence-electron chi connectivity index (χ4n) is 2.81. The molecule has 0 N–H and O–H groups in total. The van der Waals surface area contributed by atoms with Crippen LogP contribution in [0.2, 0.25) is 0 Å². The van der Waals surface area contributed by atoms with Crippen molar-refractivity contribution in [3.05, 3.63) is 57.8 Å². The molecule has 136 valence electrons. The van der Waals surface area contributed by atoms with Crippen molar-refractivity contribution in [1.29, 1.82) is 0 Å². The van der Waals surface area contributed by atoms with Crippen LogP contribution < -0.4 is 0 Å². The van der Waals surface area contributed by atoms with Gasteiger partial charge >= 0.3 is 5.97 Å². The molecule has 0 spiro atoms. The summed E-state index contributed by atoms with van der Waals surface area (Å²) in [5, 5.41) is 1.87. The Labute approximate surface area is 156 Å². The van der Waals surface area contributed by atoms with Crippen LogP contribution in [0, 0.1) is 6.92 Å². The van der Waals surface area contributed by atoms with Crippen LogP contribution in [-0.4, -0.2) is 60.4 Å². The largest absolute Gasteiger partial charge is 0.452 e. The summed E-state index contributed by atoms with van der Waals surface area (Å²) in [6.07, 6.45) is 0. The third-order valence-electron chi connectivity index (χ3n) is 4.34. The minimum absolute atomic E-state index is 0.00178. The SMILES string of the molecule is Cc1ccccc1C(=O)OCC(=O)N1CCN(C(=O)c2cccs2)CC1. The van der Waals surface area contributed by atoms with E-state index in [0.717, 1.165) is 5.56 Å². The number of thiophene rings is 1. The van der Waals surface area contributed by atoms with Gasteiger partial charge in [0.05, 0.1) is 10.4 Å². The zero-order valence-electron chi connectivity index (χ0n) is 14.5. The normalized spacial score (nSPS) is 14.2. The Bertz CT molecular complexity index is 796. The van der Waals surface area contributed by atoms with Gasteiger partial charge in [-0.05, 0) is 30.0 Å². The lowest BCUT2D eigenvalue weighted by atomic mass is 10.1. The zero-order valence-corrected chi connectivity index (χ0v) is 15.3. The zero-order chi connectivity index (χ0) is 18.5. The van der Waals surface area contributed by atoms with Crippen LogP contribution in [0.3, 0.4) is 0 Å². The number of piperazine rings is 1. The van der Waals surface area contributed by atoms with E-state index < -0.39 is 5.97 Å². The molecule has 1 saturated heterocycles. The van der Waals surface area contributed by atoms with Gasteiger partial charge in [-0.25, -0.2) is 4.79 Å². The average Bonchev–Trinajstić information content (AvgIpc) is 3.20. The predicted octanol–water partition coefficient (Wildman–Crippen LogP) is 2.20. The van der Waals surface area contributed by atoms with Crippen molar-refractivity contribution in [2.24, 2.45) is 0 Å². The highest BCUT2D eigenvalue weighted by molar-refractivity contribution is 7.12. The molecule has 0 bridgehead atoms. The molecule has 6 nitrogen and oxygen atoms in total. The van der Waals surface area contributed by atoms with Gasteiger partial charge in [0.2, 0.25) is 0 Å². The standard InChI is InChI=1S/C19H20N2O4S/c1-14-5-2-3-6-15(14)19(24)25-13-17(22)20-8-10-21(11-9-20)18(23)16-7-4-12-26-16/h2-7,12H,8-11,13H2,1H3. The van der Waals surface area contributed by atoms with Gasteiger partial charge in [-0.15, -0.1) is 11.3 Å². The number of amides is 2. The number of hydrogen-bond donors (Lipinski definition) is 0. The summed E-state index contributed by atoms with van der Waals surface area (Å²) in [4.78, 5) is 40.7. The highest BCUT2D eigenvalue weighted by Crippen LogP contribution is 2.14. The van der Waals surface area contributed by atoms with Crippen LogP contribution in [-0.2, 0) is 9.53 Å². The molecule has 1 aromatic heterocycles. The van der Waals surface area contributed by atoms with Crippen LogP contribution in [0.25, 0.3) is 0 Å². The lowest BCUT2D eigenvalue weighted by molar-refractivity contribution is -0.136. The van der Waals surface area contributed by atoms with Gasteiger partial charge in [0.25, 0.3) is 11.8 Å². The molecule has 7 heteroatoms. The molecule has 3 rings (SSSR count). The van der Waals surface area contributed by atoms with Gasteiger partial charge in [0.15, 0.2) is 6.61 Å². The van der Waals surface area contributed by atoms with Crippen LogP contribution in [0.5, 0.6) is 0 Å². The van der Waals surface area contributed by atoms with Crippen molar-refractivity contribution < 1.29 is 19.1 Å². The van der Waals surface area contributed by atoms with E-state index in [-0.39, 0.29) is 18.4 Å². The quantitative estimate of drug-likeness (QED) is 0.772. The van der Waals surface area contributed by atoms with Crippen LogP contribution >= 0.6 is 11.3 Å². The minimum atomic E-state index is -0.497. The van der Waals surface area contributed by atoms with E-state index >= 15 is 0 Å². The van der Waals surface area contributed by atoms with Gasteiger partial charge in [-0.1, -0.05) is 24.3 Å². The van der Waals surface area contributed by atoms with Crippen molar-refractivity contribution in [2.75, 3.05) is 32.8 Å². The Morgan fingerprint density at radius 2 is 1.69 bits per heavy atom. The third-order valence-corrected chi connectivity index (χ3v) is 5.20. The smallest absolute Gasteiger partial charge is 0.338 e. The number of aryl methyl sites for hydroxylation is 1. The van der Waals surface area contributed by atoms with Crippen molar-refractivity contribution in [2.45, 2.75) is 6.92 Å². The number of nitrogens with zero attached hydrogens (tertiary/aromatic N) is 2. The molecule has 2 amide bonds. The van der Waals surface area contributed by atoms with E-state index in [1.807, 2.05) is 30.5 Å². The Morgan fingerprint density at radius 3 is 2.35 bits per heavy atom. The summed E-state index contributed by atoms with van der Waals surface area (Å²) in [5.74, 6) is -0.740. The number of rotatable bonds is 4. The highest BCUT2D eigenvalue weighted by Gasteiger charge is 2.26. The van der Waals surface area contributed by atoms with Crippen LogP contribution in [0.15, 0.2) is 41.8 Å². The molecule has 0 atom stereocenters. The van der Waals surface area contributed by atoms with E-state index in [9.17, 15) is 14.4 Å². The summed E-state index contributed by atoms with van der Waals surface area (Å²) >= 11 is 1.41. The maximum atomic E-state index is 12.3. The van der Waals surface area contributed by atoms with Crippen molar-refractivity contribution in [3.63, 3.8) is 0 Å². The summed E-state index contributed by atoms with van der Waals surface area (Å²) in [6.45, 7) is 3.38. The molecular formula is C19H20N2O4S. The van der Waals surface area contributed by atoms with E-state index in [1.165, 1.54) is 11.3 Å². The van der Waals surface area contributed by atoms with Gasteiger partial charge < -0.3 is 14.5 Å². The predicted molar refractivity (Wildman–Crippen MR) is 98.3 cm³/mol. The summed E-state index contributed by atoms with van der Waals surface area (Å²) < 4.78 is 5.15. The maximum absolute atomic E-state index is 12.3. The number of benzene rings is 1. The Balaban J connectivity index is 1.47. The van der Waals surface area contributed by atoms with E-state index in [2.05, 4.69) is 0 Å². The second kappa shape index (κ2) is 8.14. The second-order valence-electron chi connectivity index (χ2n) is 6.04. The summed E-state index contributed by atoms with van der Waals surface area (Å²) in [5.41, 5.74) is 1.28. The third kappa shape index (κ3) is 4.11. The van der Waals surface area contributed by atoms with Crippen LogP contribution in [0.4, 0.5) is 0 Å². The first kappa shape index (κ1) is 18.1. The molecule has 2 aromatic rings. The first-order chi connectivity index (χ1) is 12.6. The van der Waals surface area contributed by atoms with Gasteiger partial charge in [0, 0.05) is 26.2 Å². The number of esters is 1. The van der Waals surface area contributed by atoms with Crippen molar-refractivity contribution in [3.8, 4) is 0 Å².